The lowest BCUT2D eigenvalue weighted by Crippen LogP contribution is -1.91. The molecule has 4 heteroatoms. The number of phenols is 1. The lowest BCUT2D eigenvalue weighted by molar-refractivity contribution is 0.373. The zero-order chi connectivity index (χ0) is 10.0. The van der Waals surface area contributed by atoms with E-state index >= 15 is 0 Å². The van der Waals surface area contributed by atoms with Crippen molar-refractivity contribution >= 4 is 11.6 Å². The Kier molecular flexibility index (Phi) is 2.64. The molecule has 68 valence electrons. The van der Waals surface area contributed by atoms with Gasteiger partial charge < -0.3 is 9.84 Å². The second kappa shape index (κ2) is 3.55. The second-order valence-corrected chi connectivity index (χ2v) is 2.92. The predicted octanol–water partition coefficient (Wildman–Crippen LogP) is 2.23. The van der Waals surface area contributed by atoms with Crippen LogP contribution in [0.5, 0.6) is 11.5 Å². The Labute approximate surface area is 81.1 Å². The number of benzene rings is 1. The zero-order valence-corrected chi connectivity index (χ0v) is 8.01. The summed E-state index contributed by atoms with van der Waals surface area (Å²) in [5.74, 6) is 0.0906. The molecular formula is C9H8ClNO2. The van der Waals surface area contributed by atoms with Crippen LogP contribution in [0.15, 0.2) is 6.07 Å². The van der Waals surface area contributed by atoms with E-state index in [1.165, 1.54) is 13.2 Å². The Hall–Kier alpha value is -1.40. The molecule has 13 heavy (non-hydrogen) atoms. The van der Waals surface area contributed by atoms with Gasteiger partial charge in [0, 0.05) is 0 Å². The van der Waals surface area contributed by atoms with Gasteiger partial charge in [0.2, 0.25) is 0 Å². The highest BCUT2D eigenvalue weighted by atomic mass is 35.5. The average Bonchev–Trinajstić information content (AvgIpc) is 2.04. The molecule has 0 aromatic heterocycles. The molecule has 0 unspecified atom stereocenters. The highest BCUT2D eigenvalue weighted by Gasteiger charge is 2.14. The Morgan fingerprint density at radius 3 is 2.69 bits per heavy atom. The van der Waals surface area contributed by atoms with Crippen molar-refractivity contribution in [1.29, 1.82) is 5.26 Å². The van der Waals surface area contributed by atoms with E-state index in [4.69, 9.17) is 21.6 Å². The Bertz CT molecular complexity index is 382. The summed E-state index contributed by atoms with van der Waals surface area (Å²) in [7, 11) is 1.39. The average molecular weight is 198 g/mol. The molecule has 0 saturated carbocycles. The van der Waals surface area contributed by atoms with Crippen molar-refractivity contribution in [3.05, 3.63) is 22.2 Å². The van der Waals surface area contributed by atoms with E-state index in [1.54, 1.807) is 6.92 Å². The zero-order valence-electron chi connectivity index (χ0n) is 7.26. The summed E-state index contributed by atoms with van der Waals surface area (Å²) in [5.41, 5.74) is 0.960. The fourth-order valence-electron chi connectivity index (χ4n) is 1.07. The van der Waals surface area contributed by atoms with Crippen molar-refractivity contribution < 1.29 is 9.84 Å². The van der Waals surface area contributed by atoms with Gasteiger partial charge in [-0.2, -0.15) is 5.26 Å². The number of rotatable bonds is 1. The molecule has 0 fully saturated rings. The molecule has 1 aromatic rings. The van der Waals surface area contributed by atoms with Gasteiger partial charge in [0.1, 0.15) is 11.1 Å². The summed E-state index contributed by atoms with van der Waals surface area (Å²) in [4.78, 5) is 0. The van der Waals surface area contributed by atoms with Crippen molar-refractivity contribution in [1.82, 2.24) is 0 Å². The summed E-state index contributed by atoms with van der Waals surface area (Å²) >= 11 is 5.81. The standard InChI is InChI=1S/C9H8ClNO2/c1-5-3-7(12)9(13-2)8(10)6(5)4-11/h3,12H,1-2H3. The first-order valence-corrected chi connectivity index (χ1v) is 3.95. The highest BCUT2D eigenvalue weighted by molar-refractivity contribution is 6.33. The van der Waals surface area contributed by atoms with Crippen molar-refractivity contribution in [2.24, 2.45) is 0 Å². The number of halogens is 1. The molecule has 0 bridgehead atoms. The molecule has 0 aliphatic rings. The van der Waals surface area contributed by atoms with Crippen molar-refractivity contribution in [2.45, 2.75) is 6.92 Å². The highest BCUT2D eigenvalue weighted by Crippen LogP contribution is 2.38. The van der Waals surface area contributed by atoms with Gasteiger partial charge in [-0.25, -0.2) is 0 Å². The van der Waals surface area contributed by atoms with Crippen LogP contribution >= 0.6 is 11.6 Å². The third kappa shape index (κ3) is 1.53. The molecule has 0 aliphatic heterocycles. The first-order valence-electron chi connectivity index (χ1n) is 3.58. The SMILES string of the molecule is COc1c(O)cc(C)c(C#N)c1Cl. The quantitative estimate of drug-likeness (QED) is 0.751. The van der Waals surface area contributed by atoms with Gasteiger partial charge >= 0.3 is 0 Å². The summed E-state index contributed by atoms with van der Waals surface area (Å²) < 4.78 is 4.84. The van der Waals surface area contributed by atoms with Crippen LogP contribution in [0.1, 0.15) is 11.1 Å². The summed E-state index contributed by atoms with van der Waals surface area (Å²) in [5, 5.41) is 18.3. The van der Waals surface area contributed by atoms with Gasteiger partial charge in [0.15, 0.2) is 11.5 Å². The van der Waals surface area contributed by atoms with E-state index in [0.717, 1.165) is 0 Å². The summed E-state index contributed by atoms with van der Waals surface area (Å²) in [6.07, 6.45) is 0. The lowest BCUT2D eigenvalue weighted by Gasteiger charge is -2.08. The number of ether oxygens (including phenoxy) is 1. The Balaban J connectivity index is 3.51. The van der Waals surface area contributed by atoms with Crippen LogP contribution in [0.3, 0.4) is 0 Å². The normalized spacial score (nSPS) is 9.38. The maximum Gasteiger partial charge on any atom is 0.180 e. The molecule has 0 aliphatic carbocycles. The molecule has 1 N–H and O–H groups in total. The van der Waals surface area contributed by atoms with Crippen LogP contribution in [-0.4, -0.2) is 12.2 Å². The number of hydrogen-bond acceptors (Lipinski definition) is 3. The first-order chi connectivity index (χ1) is 6.11. The van der Waals surface area contributed by atoms with Gasteiger partial charge in [-0.3, -0.25) is 0 Å². The van der Waals surface area contributed by atoms with E-state index < -0.39 is 0 Å². The lowest BCUT2D eigenvalue weighted by atomic mass is 10.1. The van der Waals surface area contributed by atoms with E-state index in [2.05, 4.69) is 0 Å². The predicted molar refractivity (Wildman–Crippen MR) is 49.1 cm³/mol. The van der Waals surface area contributed by atoms with Crippen molar-refractivity contribution in [2.75, 3.05) is 7.11 Å². The monoisotopic (exact) mass is 197 g/mol. The van der Waals surface area contributed by atoms with E-state index in [-0.39, 0.29) is 16.5 Å². The van der Waals surface area contributed by atoms with Crippen LogP contribution in [0, 0.1) is 18.3 Å². The van der Waals surface area contributed by atoms with Gasteiger partial charge in [0.25, 0.3) is 0 Å². The minimum atomic E-state index is -0.0519. The van der Waals surface area contributed by atoms with Crippen molar-refractivity contribution in [3.63, 3.8) is 0 Å². The van der Waals surface area contributed by atoms with E-state index in [9.17, 15) is 5.11 Å². The number of hydrogen-bond donors (Lipinski definition) is 1. The molecule has 0 radical (unpaired) electrons. The molecule has 0 amide bonds. The topological polar surface area (TPSA) is 53.2 Å². The molecule has 1 aromatic carbocycles. The minimum Gasteiger partial charge on any atom is -0.504 e. The number of methoxy groups -OCH3 is 1. The molecule has 0 atom stereocenters. The van der Waals surface area contributed by atoms with Crippen LogP contribution < -0.4 is 4.74 Å². The molecule has 3 nitrogen and oxygen atoms in total. The third-order valence-corrected chi connectivity index (χ3v) is 2.08. The number of aryl methyl sites for hydroxylation is 1. The maximum absolute atomic E-state index is 9.37. The first kappa shape index (κ1) is 9.69. The van der Waals surface area contributed by atoms with Gasteiger partial charge in [-0.15, -0.1) is 0 Å². The summed E-state index contributed by atoms with van der Waals surface area (Å²) in [6.45, 7) is 1.70. The second-order valence-electron chi connectivity index (χ2n) is 2.55. The van der Waals surface area contributed by atoms with Crippen LogP contribution in [0.25, 0.3) is 0 Å². The fraction of sp³-hybridized carbons (Fsp3) is 0.222. The number of phenolic OH excluding ortho intramolecular Hbond substituents is 1. The summed E-state index contributed by atoms with van der Waals surface area (Å²) in [6, 6.07) is 3.39. The number of nitrogens with zero attached hydrogens (tertiary/aromatic N) is 1. The smallest absolute Gasteiger partial charge is 0.180 e. The Morgan fingerprint density at radius 1 is 1.62 bits per heavy atom. The van der Waals surface area contributed by atoms with Crippen LogP contribution in [0.2, 0.25) is 5.02 Å². The van der Waals surface area contributed by atoms with Gasteiger partial charge in [0.05, 0.1) is 12.7 Å². The van der Waals surface area contributed by atoms with Gasteiger partial charge in [-0.05, 0) is 18.6 Å². The fourth-order valence-corrected chi connectivity index (χ4v) is 1.44. The number of nitriles is 1. The molecular weight excluding hydrogens is 190 g/mol. The molecule has 1 rings (SSSR count). The molecule has 0 spiro atoms. The van der Waals surface area contributed by atoms with Gasteiger partial charge in [-0.1, -0.05) is 11.6 Å². The third-order valence-electron chi connectivity index (χ3n) is 1.71. The largest absolute Gasteiger partial charge is 0.504 e. The van der Waals surface area contributed by atoms with E-state index in [0.29, 0.717) is 11.1 Å². The maximum atomic E-state index is 9.37. The minimum absolute atomic E-state index is 0.0519. The van der Waals surface area contributed by atoms with Crippen LogP contribution in [0.4, 0.5) is 0 Å². The van der Waals surface area contributed by atoms with Crippen LogP contribution in [-0.2, 0) is 0 Å². The Morgan fingerprint density at radius 2 is 2.23 bits per heavy atom. The molecule has 0 heterocycles. The van der Waals surface area contributed by atoms with Crippen molar-refractivity contribution in [3.8, 4) is 17.6 Å². The molecule has 0 saturated heterocycles. The number of aromatic hydroxyl groups is 1. The van der Waals surface area contributed by atoms with E-state index in [1.807, 2.05) is 6.07 Å².